The van der Waals surface area contributed by atoms with Crippen LogP contribution in [0.1, 0.15) is 30.9 Å². The fourth-order valence-electron chi connectivity index (χ4n) is 3.38. The van der Waals surface area contributed by atoms with Crippen molar-refractivity contribution in [3.05, 3.63) is 36.4 Å². The summed E-state index contributed by atoms with van der Waals surface area (Å²) in [6.45, 7) is 1.29. The largest absolute Gasteiger partial charge is 0.362 e. The van der Waals surface area contributed by atoms with E-state index in [0.29, 0.717) is 36.9 Å². The third-order valence-electron chi connectivity index (χ3n) is 5.01. The van der Waals surface area contributed by atoms with Gasteiger partial charge in [-0.1, -0.05) is 0 Å². The van der Waals surface area contributed by atoms with Gasteiger partial charge in [-0.15, -0.1) is 0 Å². The lowest BCUT2D eigenvalue weighted by molar-refractivity contribution is 0.241. The molecular formula is C18H20FN7. The first kappa shape index (κ1) is 15.6. The summed E-state index contributed by atoms with van der Waals surface area (Å²) in [5.41, 5.74) is 3.33. The summed E-state index contributed by atoms with van der Waals surface area (Å²) in [6, 6.07) is 3.74. The summed E-state index contributed by atoms with van der Waals surface area (Å²) >= 11 is 0. The topological polar surface area (TPSA) is 80.0 Å². The van der Waals surface area contributed by atoms with Crippen LogP contribution in [0.4, 0.5) is 10.2 Å². The Bertz CT molecular complexity index is 936. The van der Waals surface area contributed by atoms with E-state index in [9.17, 15) is 4.39 Å². The zero-order valence-electron chi connectivity index (χ0n) is 14.3. The number of nitrogens with one attached hydrogen (secondary N) is 2. The monoisotopic (exact) mass is 353 g/mol. The van der Waals surface area contributed by atoms with Crippen molar-refractivity contribution in [2.24, 2.45) is 0 Å². The Balaban J connectivity index is 1.46. The maximum absolute atomic E-state index is 14.1. The van der Waals surface area contributed by atoms with Gasteiger partial charge in [0.15, 0.2) is 5.65 Å². The van der Waals surface area contributed by atoms with E-state index in [1.54, 1.807) is 18.6 Å². The predicted octanol–water partition coefficient (Wildman–Crippen LogP) is 2.18. The molecule has 2 atom stereocenters. The van der Waals surface area contributed by atoms with Crippen LogP contribution in [0, 0.1) is 0 Å². The third kappa shape index (κ3) is 2.90. The lowest BCUT2D eigenvalue weighted by atomic mass is 10.1. The molecule has 26 heavy (non-hydrogen) atoms. The van der Waals surface area contributed by atoms with E-state index in [1.807, 2.05) is 16.6 Å². The standard InChI is InChI=1S/C18H20FN7/c19-12-5-6-20-7-14(12)23-17-10-21-8-15(24-17)16-9-22-18-4-3-13(11-1-2-11)25-26(16)18/h3-4,8-12,14,20H,1-2,5-7H2,(H,23,24)/t12-,14-/m0/s1. The molecule has 1 saturated carbocycles. The van der Waals surface area contributed by atoms with Gasteiger partial charge < -0.3 is 10.6 Å². The minimum atomic E-state index is -0.889. The van der Waals surface area contributed by atoms with Crippen LogP contribution in [0.2, 0.25) is 0 Å². The quantitative estimate of drug-likeness (QED) is 0.748. The molecule has 4 heterocycles. The van der Waals surface area contributed by atoms with Crippen molar-refractivity contribution >= 4 is 11.5 Å². The van der Waals surface area contributed by atoms with Crippen molar-refractivity contribution in [2.75, 3.05) is 18.4 Å². The van der Waals surface area contributed by atoms with Gasteiger partial charge in [-0.25, -0.2) is 18.9 Å². The Morgan fingerprint density at radius 2 is 2.08 bits per heavy atom. The van der Waals surface area contributed by atoms with Crippen LogP contribution in [0.5, 0.6) is 0 Å². The SMILES string of the molecule is F[C@H]1CCNC[C@@H]1Nc1cncc(-c2cnc3ccc(C4CC4)nn23)n1. The van der Waals surface area contributed by atoms with Crippen LogP contribution in [-0.2, 0) is 0 Å². The molecule has 134 valence electrons. The zero-order valence-corrected chi connectivity index (χ0v) is 14.3. The van der Waals surface area contributed by atoms with Gasteiger partial charge in [-0.05, 0) is 37.9 Å². The highest BCUT2D eigenvalue weighted by molar-refractivity contribution is 5.60. The summed E-state index contributed by atoms with van der Waals surface area (Å²) in [4.78, 5) is 13.3. The van der Waals surface area contributed by atoms with Crippen LogP contribution in [0.25, 0.3) is 17.0 Å². The van der Waals surface area contributed by atoms with Gasteiger partial charge in [0.25, 0.3) is 0 Å². The van der Waals surface area contributed by atoms with Gasteiger partial charge in [0.2, 0.25) is 0 Å². The van der Waals surface area contributed by atoms with E-state index in [2.05, 4.69) is 25.6 Å². The first-order valence-electron chi connectivity index (χ1n) is 9.06. The van der Waals surface area contributed by atoms with Crippen molar-refractivity contribution in [3.63, 3.8) is 0 Å². The van der Waals surface area contributed by atoms with Crippen LogP contribution >= 0.6 is 0 Å². The number of alkyl halides is 1. The van der Waals surface area contributed by atoms with Gasteiger partial charge in [-0.3, -0.25) is 4.98 Å². The average Bonchev–Trinajstić information content (AvgIpc) is 3.43. The Labute approximate surface area is 150 Å². The highest BCUT2D eigenvalue weighted by Gasteiger charge is 2.26. The van der Waals surface area contributed by atoms with Gasteiger partial charge in [-0.2, -0.15) is 5.10 Å². The van der Waals surface area contributed by atoms with E-state index >= 15 is 0 Å². The highest BCUT2D eigenvalue weighted by Crippen LogP contribution is 2.39. The van der Waals surface area contributed by atoms with Gasteiger partial charge >= 0.3 is 0 Å². The first-order valence-corrected chi connectivity index (χ1v) is 9.06. The molecule has 1 aliphatic carbocycles. The highest BCUT2D eigenvalue weighted by atomic mass is 19.1. The van der Waals surface area contributed by atoms with E-state index in [-0.39, 0.29) is 6.04 Å². The van der Waals surface area contributed by atoms with Crippen LogP contribution in [0.3, 0.4) is 0 Å². The molecule has 2 N–H and O–H groups in total. The fourth-order valence-corrected chi connectivity index (χ4v) is 3.38. The fraction of sp³-hybridized carbons (Fsp3) is 0.444. The summed E-state index contributed by atoms with van der Waals surface area (Å²) in [5, 5.41) is 11.1. The van der Waals surface area contributed by atoms with E-state index in [0.717, 1.165) is 17.0 Å². The normalized spacial score (nSPS) is 23.3. The maximum Gasteiger partial charge on any atom is 0.154 e. The smallest absolute Gasteiger partial charge is 0.154 e. The number of hydrogen-bond acceptors (Lipinski definition) is 6. The molecule has 1 aliphatic heterocycles. The first-order chi connectivity index (χ1) is 12.8. The van der Waals surface area contributed by atoms with Gasteiger partial charge in [0.05, 0.1) is 30.3 Å². The van der Waals surface area contributed by atoms with E-state index < -0.39 is 6.17 Å². The Morgan fingerprint density at radius 1 is 1.15 bits per heavy atom. The number of nitrogens with zero attached hydrogens (tertiary/aromatic N) is 5. The molecule has 3 aromatic rings. The molecule has 3 aromatic heterocycles. The average molecular weight is 353 g/mol. The van der Waals surface area contributed by atoms with Crippen molar-refractivity contribution in [1.29, 1.82) is 0 Å². The molecule has 8 heteroatoms. The third-order valence-corrected chi connectivity index (χ3v) is 5.01. The van der Waals surface area contributed by atoms with Crippen molar-refractivity contribution in [3.8, 4) is 11.4 Å². The Morgan fingerprint density at radius 3 is 2.92 bits per heavy atom. The lowest BCUT2D eigenvalue weighted by Crippen LogP contribution is -2.46. The van der Waals surface area contributed by atoms with Crippen LogP contribution < -0.4 is 10.6 Å². The number of piperidine rings is 1. The summed E-state index contributed by atoms with van der Waals surface area (Å²) in [5.74, 6) is 1.13. The van der Waals surface area contributed by atoms with E-state index in [4.69, 9.17) is 5.10 Å². The lowest BCUT2D eigenvalue weighted by Gasteiger charge is -2.27. The summed E-state index contributed by atoms with van der Waals surface area (Å²) in [6.07, 6.45) is 7.07. The molecule has 0 spiro atoms. The van der Waals surface area contributed by atoms with Gasteiger partial charge in [0, 0.05) is 12.5 Å². The molecule has 0 radical (unpaired) electrons. The summed E-state index contributed by atoms with van der Waals surface area (Å²) < 4.78 is 15.9. The second kappa shape index (κ2) is 6.28. The molecule has 0 unspecified atom stereocenters. The number of fused-ring (bicyclic) bond motifs is 1. The Kier molecular flexibility index (Phi) is 3.77. The molecule has 0 bridgehead atoms. The number of anilines is 1. The van der Waals surface area contributed by atoms with Crippen LogP contribution in [0.15, 0.2) is 30.7 Å². The van der Waals surface area contributed by atoms with Crippen molar-refractivity contribution < 1.29 is 4.39 Å². The molecule has 7 nitrogen and oxygen atoms in total. The number of imidazole rings is 1. The van der Waals surface area contributed by atoms with Crippen LogP contribution in [-0.4, -0.2) is 49.9 Å². The van der Waals surface area contributed by atoms with Crippen molar-refractivity contribution in [1.82, 2.24) is 29.9 Å². The summed E-state index contributed by atoms with van der Waals surface area (Å²) in [7, 11) is 0. The zero-order chi connectivity index (χ0) is 17.5. The minimum absolute atomic E-state index is 0.296. The number of rotatable bonds is 4. The number of hydrogen-bond donors (Lipinski definition) is 2. The molecule has 2 aliphatic rings. The molecular weight excluding hydrogens is 333 g/mol. The molecule has 5 rings (SSSR count). The number of aromatic nitrogens is 5. The molecule has 2 fully saturated rings. The van der Waals surface area contributed by atoms with Crippen molar-refractivity contribution in [2.45, 2.75) is 37.4 Å². The molecule has 0 aromatic carbocycles. The maximum atomic E-state index is 14.1. The minimum Gasteiger partial charge on any atom is -0.362 e. The van der Waals surface area contributed by atoms with E-state index in [1.165, 1.54) is 12.8 Å². The molecule has 0 amide bonds. The molecule has 1 saturated heterocycles. The second-order valence-corrected chi connectivity index (χ2v) is 7.00. The second-order valence-electron chi connectivity index (χ2n) is 7.00. The van der Waals surface area contributed by atoms with Gasteiger partial charge in [0.1, 0.15) is 23.4 Å². The number of halogens is 1. The Hall–Kier alpha value is -2.61. The predicted molar refractivity (Wildman–Crippen MR) is 95.8 cm³/mol.